The second kappa shape index (κ2) is 19.1. The number of carboxylic acid groups (broad SMARTS) is 1. The first kappa shape index (κ1) is 41.3. The van der Waals surface area contributed by atoms with Crippen LogP contribution in [0, 0.1) is 5.41 Å². The number of hydrogen-bond donors (Lipinski definition) is 6. The molecular weight excluding hydrogens is 745 g/mol. The summed E-state index contributed by atoms with van der Waals surface area (Å²) < 4.78 is 17.2. The minimum atomic E-state index is -1.35. The number of aromatic carboxylic acids is 1. The summed E-state index contributed by atoms with van der Waals surface area (Å²) in [6, 6.07) is 36.3. The number of ether oxygens (including phenoxy) is 3. The van der Waals surface area contributed by atoms with Crippen molar-refractivity contribution in [2.24, 2.45) is 5.41 Å². The molecule has 0 unspecified atom stereocenters. The molecule has 296 valence electrons. The monoisotopic (exact) mass is 784 g/mol. The number of anilines is 4. The van der Waals surface area contributed by atoms with E-state index < -0.39 is 29.3 Å². The molecule has 1 amide bonds. The van der Waals surface area contributed by atoms with Crippen LogP contribution in [-0.4, -0.2) is 60.3 Å². The lowest BCUT2D eigenvalue weighted by molar-refractivity contribution is -0.105. The van der Waals surface area contributed by atoms with Gasteiger partial charge in [-0.2, -0.15) is 0 Å². The number of hydrogen-bond acceptors (Lipinski definition) is 12. The third kappa shape index (κ3) is 10.5. The Morgan fingerprint density at radius 2 is 0.966 bits per heavy atom. The lowest BCUT2D eigenvalue weighted by Crippen LogP contribution is -2.41. The number of aromatic hydroxyl groups is 1. The van der Waals surface area contributed by atoms with Crippen molar-refractivity contribution in [1.82, 2.24) is 0 Å². The van der Waals surface area contributed by atoms with E-state index in [2.05, 4.69) is 5.32 Å². The standard InChI is InChI=1S/C33H32N4O7.C11H8O3/c34-26-13-5-2-10-23(26)30(39)42-18-33(17-22-9-1-8-16-29(22)37-21-38,19-43-31(40)24-11-3-6-14-27(24)35)20-44-32(41)25-12-4-7-15-28(25)36;12-10-6-8-4-2-1-3-7(8)5-9(10)11(13)14/h1-16,21H,17-20,34-36H2,(H,37,38);1-6,12H,(H,13,14). The van der Waals surface area contributed by atoms with Gasteiger partial charge in [0.2, 0.25) is 6.41 Å². The molecule has 14 heteroatoms. The van der Waals surface area contributed by atoms with Gasteiger partial charge in [-0.05, 0) is 77.4 Å². The Balaban J connectivity index is 0.000000382. The number of nitrogen functional groups attached to an aromatic ring is 3. The number of carbonyl (C=O) groups is 5. The number of benzene rings is 6. The molecule has 0 aliphatic rings. The molecule has 0 spiro atoms. The van der Waals surface area contributed by atoms with Crippen LogP contribution in [0.25, 0.3) is 10.8 Å². The number of nitrogens with one attached hydrogen (secondary N) is 1. The molecule has 6 aromatic carbocycles. The van der Waals surface area contributed by atoms with Gasteiger partial charge >= 0.3 is 23.9 Å². The number of amides is 1. The largest absolute Gasteiger partial charge is 0.507 e. The van der Waals surface area contributed by atoms with Gasteiger partial charge in [0.1, 0.15) is 31.1 Å². The summed E-state index contributed by atoms with van der Waals surface area (Å²) in [6.45, 7) is -1.11. The second-order valence-electron chi connectivity index (χ2n) is 13.1. The fraction of sp³-hybridized carbons (Fsp3) is 0.114. The van der Waals surface area contributed by atoms with Gasteiger partial charge in [0.15, 0.2) is 0 Å². The summed E-state index contributed by atoms with van der Waals surface area (Å²) in [5, 5.41) is 22.4. The molecule has 0 heterocycles. The Bertz CT molecular complexity index is 2300. The maximum absolute atomic E-state index is 13.1. The molecule has 0 atom stereocenters. The highest BCUT2D eigenvalue weighted by Gasteiger charge is 2.38. The van der Waals surface area contributed by atoms with Crippen molar-refractivity contribution in [2.45, 2.75) is 6.42 Å². The summed E-state index contributed by atoms with van der Waals surface area (Å²) in [7, 11) is 0. The molecule has 0 aliphatic carbocycles. The molecule has 0 saturated heterocycles. The molecule has 0 aromatic heterocycles. The number of rotatable bonds is 14. The number of carbonyl (C=O) groups excluding carboxylic acids is 4. The molecule has 6 rings (SSSR count). The number of para-hydroxylation sites is 4. The number of carboxylic acids is 1. The highest BCUT2D eigenvalue weighted by atomic mass is 16.6. The van der Waals surface area contributed by atoms with Gasteiger partial charge in [0.05, 0.1) is 22.1 Å². The van der Waals surface area contributed by atoms with Crippen LogP contribution in [0.1, 0.15) is 47.0 Å². The van der Waals surface area contributed by atoms with Gasteiger partial charge in [-0.1, -0.05) is 78.9 Å². The van der Waals surface area contributed by atoms with Crippen LogP contribution in [0.2, 0.25) is 0 Å². The normalized spacial score (nSPS) is 10.7. The van der Waals surface area contributed by atoms with E-state index in [-0.39, 0.29) is 71.3 Å². The molecule has 6 aromatic rings. The first-order valence-electron chi connectivity index (χ1n) is 17.7. The zero-order valence-corrected chi connectivity index (χ0v) is 31.0. The Hall–Kier alpha value is -7.87. The second-order valence-corrected chi connectivity index (χ2v) is 13.1. The smallest absolute Gasteiger partial charge is 0.340 e. The van der Waals surface area contributed by atoms with Gasteiger partial charge in [0.25, 0.3) is 0 Å². The maximum atomic E-state index is 13.1. The van der Waals surface area contributed by atoms with E-state index in [9.17, 15) is 29.1 Å². The zero-order valence-electron chi connectivity index (χ0n) is 31.0. The highest BCUT2D eigenvalue weighted by molar-refractivity contribution is 5.98. The molecule has 9 N–H and O–H groups in total. The van der Waals surface area contributed by atoms with E-state index >= 15 is 0 Å². The summed E-state index contributed by atoms with van der Waals surface area (Å²) in [5.41, 5.74) is 18.6. The van der Waals surface area contributed by atoms with Crippen molar-refractivity contribution < 1.29 is 48.4 Å². The predicted octanol–water partition coefficient (Wildman–Crippen LogP) is 6.35. The Morgan fingerprint density at radius 3 is 1.40 bits per heavy atom. The third-order valence-corrected chi connectivity index (χ3v) is 8.96. The lowest BCUT2D eigenvalue weighted by Gasteiger charge is -2.33. The van der Waals surface area contributed by atoms with E-state index in [0.29, 0.717) is 17.7 Å². The summed E-state index contributed by atoms with van der Waals surface area (Å²) in [4.78, 5) is 61.5. The first-order valence-corrected chi connectivity index (χ1v) is 17.7. The van der Waals surface area contributed by atoms with E-state index in [1.54, 1.807) is 84.9 Å². The Labute approximate surface area is 332 Å². The Kier molecular flexibility index (Phi) is 13.6. The van der Waals surface area contributed by atoms with Crippen LogP contribution < -0.4 is 22.5 Å². The van der Waals surface area contributed by atoms with Crippen molar-refractivity contribution >= 4 is 63.8 Å². The van der Waals surface area contributed by atoms with Gasteiger partial charge in [-0.3, -0.25) is 4.79 Å². The summed E-state index contributed by atoms with van der Waals surface area (Å²) in [5.74, 6) is -3.51. The zero-order chi connectivity index (χ0) is 41.7. The molecule has 0 radical (unpaired) electrons. The van der Waals surface area contributed by atoms with E-state index in [1.165, 1.54) is 30.3 Å². The number of esters is 3. The maximum Gasteiger partial charge on any atom is 0.340 e. The SMILES string of the molecule is Nc1ccccc1C(=O)OCC(COC(=O)c1ccccc1N)(COC(=O)c1ccccc1N)Cc1ccccc1NC=O.O=C(O)c1cc2ccccc2cc1O. The first-order chi connectivity index (χ1) is 27.9. The summed E-state index contributed by atoms with van der Waals surface area (Å²) in [6.07, 6.45) is 0.561. The van der Waals surface area contributed by atoms with Crippen molar-refractivity contribution in [1.29, 1.82) is 0 Å². The molecule has 0 saturated carbocycles. The molecule has 0 fully saturated rings. The Morgan fingerprint density at radius 1 is 0.569 bits per heavy atom. The quantitative estimate of drug-likeness (QED) is 0.0306. The van der Waals surface area contributed by atoms with E-state index in [4.69, 9.17) is 36.5 Å². The summed E-state index contributed by atoms with van der Waals surface area (Å²) >= 11 is 0. The lowest BCUT2D eigenvalue weighted by atomic mass is 9.83. The molecule has 0 aliphatic heterocycles. The van der Waals surface area contributed by atoms with Gasteiger partial charge in [-0.25, -0.2) is 19.2 Å². The van der Waals surface area contributed by atoms with E-state index in [0.717, 1.165) is 10.8 Å². The number of fused-ring (bicyclic) bond motifs is 1. The minimum absolute atomic E-state index is 0.0384. The molecular formula is C44H40N4O10. The van der Waals surface area contributed by atoms with Crippen molar-refractivity contribution in [3.63, 3.8) is 0 Å². The van der Waals surface area contributed by atoms with Crippen LogP contribution in [0.4, 0.5) is 22.7 Å². The third-order valence-electron chi connectivity index (χ3n) is 8.96. The number of phenols is 1. The van der Waals surface area contributed by atoms with Crippen molar-refractivity contribution in [3.05, 3.63) is 161 Å². The fourth-order valence-corrected chi connectivity index (χ4v) is 5.90. The highest BCUT2D eigenvalue weighted by Crippen LogP contribution is 2.31. The molecule has 58 heavy (non-hydrogen) atoms. The van der Waals surface area contributed by atoms with Crippen molar-refractivity contribution in [3.8, 4) is 5.75 Å². The number of nitrogens with two attached hydrogens (primary N) is 3. The van der Waals surface area contributed by atoms with Crippen LogP contribution in [-0.2, 0) is 25.4 Å². The van der Waals surface area contributed by atoms with Crippen LogP contribution >= 0.6 is 0 Å². The predicted molar refractivity (Wildman–Crippen MR) is 218 cm³/mol. The van der Waals surface area contributed by atoms with Crippen LogP contribution in [0.15, 0.2) is 133 Å². The topological polar surface area (TPSA) is 244 Å². The van der Waals surface area contributed by atoms with Crippen LogP contribution in [0.5, 0.6) is 5.75 Å². The van der Waals surface area contributed by atoms with Gasteiger partial charge in [0, 0.05) is 22.7 Å². The average Bonchev–Trinajstić information content (AvgIpc) is 3.22. The fourth-order valence-electron chi connectivity index (χ4n) is 5.90. The van der Waals surface area contributed by atoms with Crippen molar-refractivity contribution in [2.75, 3.05) is 42.3 Å². The van der Waals surface area contributed by atoms with Gasteiger partial charge in [-0.15, -0.1) is 0 Å². The molecule has 0 bridgehead atoms. The molecule has 14 nitrogen and oxygen atoms in total. The van der Waals surface area contributed by atoms with E-state index in [1.807, 2.05) is 18.2 Å². The van der Waals surface area contributed by atoms with Crippen LogP contribution in [0.3, 0.4) is 0 Å². The average molecular weight is 785 g/mol. The minimum Gasteiger partial charge on any atom is -0.507 e. The van der Waals surface area contributed by atoms with Gasteiger partial charge < -0.3 is 46.9 Å².